The van der Waals surface area contributed by atoms with E-state index in [1.165, 1.54) is 23.1 Å². The van der Waals surface area contributed by atoms with Crippen LogP contribution in [0.5, 0.6) is 0 Å². The molecule has 1 aromatic carbocycles. The number of carbonyl (C=O) groups excluding carboxylic acids is 4. The van der Waals surface area contributed by atoms with Crippen molar-refractivity contribution in [2.45, 2.75) is 75.4 Å². The zero-order valence-electron chi connectivity index (χ0n) is 17.5. The van der Waals surface area contributed by atoms with Crippen LogP contribution in [-0.2, 0) is 19.1 Å². The number of benzene rings is 1. The summed E-state index contributed by atoms with van der Waals surface area (Å²) in [5, 5.41) is 15.0. The highest BCUT2D eigenvalue weighted by Crippen LogP contribution is 2.32. The van der Waals surface area contributed by atoms with E-state index in [1.54, 1.807) is 6.07 Å². The Hall–Kier alpha value is -3.01. The van der Waals surface area contributed by atoms with E-state index in [4.69, 9.17) is 0 Å². The molecule has 0 radical (unpaired) electrons. The van der Waals surface area contributed by atoms with Crippen LogP contribution in [0.1, 0.15) is 55.3 Å². The number of fused-ring (bicyclic) bond motifs is 1. The highest BCUT2D eigenvalue weighted by Gasteiger charge is 2.45. The van der Waals surface area contributed by atoms with Gasteiger partial charge in [0.1, 0.15) is 23.9 Å². The first kappa shape index (κ1) is 22.2. The van der Waals surface area contributed by atoms with Crippen molar-refractivity contribution in [1.82, 2.24) is 15.5 Å². The van der Waals surface area contributed by atoms with E-state index in [-0.39, 0.29) is 23.9 Å². The van der Waals surface area contributed by atoms with Crippen LogP contribution in [0.4, 0.5) is 4.39 Å². The number of nitrogens with zero attached hydrogens (tertiary/aromatic N) is 1. The van der Waals surface area contributed by atoms with Gasteiger partial charge in [-0.3, -0.25) is 19.2 Å². The minimum Gasteiger partial charge on any atom is -0.434 e. The predicted molar refractivity (Wildman–Crippen MR) is 108 cm³/mol. The van der Waals surface area contributed by atoms with Crippen molar-refractivity contribution in [3.8, 4) is 0 Å². The van der Waals surface area contributed by atoms with Crippen molar-refractivity contribution in [2.24, 2.45) is 0 Å². The number of carbonyl (C=O) groups is 4. The van der Waals surface area contributed by atoms with Gasteiger partial charge in [0.05, 0.1) is 12.0 Å². The lowest BCUT2D eigenvalue weighted by Gasteiger charge is -2.35. The highest BCUT2D eigenvalue weighted by atomic mass is 19.1. The molecule has 5 atom stereocenters. The van der Waals surface area contributed by atoms with Gasteiger partial charge in [-0.1, -0.05) is 25.0 Å². The smallest absolute Gasteiger partial charge is 0.310 e. The number of nitrogens with one attached hydrogen (secondary N) is 2. The zero-order chi connectivity index (χ0) is 22.8. The molecule has 1 aromatic rings. The van der Waals surface area contributed by atoms with E-state index in [9.17, 15) is 28.7 Å². The summed E-state index contributed by atoms with van der Waals surface area (Å²) in [5.74, 6) is -2.81. The zero-order valence-corrected chi connectivity index (χ0v) is 17.5. The van der Waals surface area contributed by atoms with Gasteiger partial charge in [-0.05, 0) is 37.8 Å². The molecule has 3 aliphatic rings. The van der Waals surface area contributed by atoms with E-state index >= 15 is 0 Å². The van der Waals surface area contributed by atoms with Gasteiger partial charge in [0.2, 0.25) is 18.1 Å². The number of ether oxygens (including phenoxy) is 1. The molecular formula is C22H26FN3O6. The fraction of sp³-hybridized carbons (Fsp3) is 0.545. The monoisotopic (exact) mass is 447 g/mol. The van der Waals surface area contributed by atoms with Crippen molar-refractivity contribution >= 4 is 23.7 Å². The van der Waals surface area contributed by atoms with Crippen molar-refractivity contribution in [2.75, 3.05) is 0 Å². The first-order valence-electron chi connectivity index (χ1n) is 10.9. The quantitative estimate of drug-likeness (QED) is 0.581. The second kappa shape index (κ2) is 9.23. The minimum absolute atomic E-state index is 0.141. The van der Waals surface area contributed by atoms with Gasteiger partial charge in [-0.25, -0.2) is 4.39 Å². The first-order chi connectivity index (χ1) is 15.3. The molecule has 172 valence electrons. The fourth-order valence-electron chi connectivity index (χ4n) is 4.75. The normalized spacial score (nSPS) is 30.2. The van der Waals surface area contributed by atoms with Crippen LogP contribution < -0.4 is 10.6 Å². The average molecular weight is 447 g/mol. The van der Waals surface area contributed by atoms with E-state index < -0.39 is 48.0 Å². The maximum atomic E-state index is 14.0. The number of aliphatic hydroxyl groups is 1. The lowest BCUT2D eigenvalue weighted by molar-refractivity contribution is -0.155. The minimum atomic E-state index is -1.42. The first-order valence-corrected chi connectivity index (χ1v) is 10.9. The van der Waals surface area contributed by atoms with Gasteiger partial charge >= 0.3 is 5.97 Å². The molecule has 32 heavy (non-hydrogen) atoms. The molecule has 0 saturated carbocycles. The maximum Gasteiger partial charge on any atom is 0.310 e. The summed E-state index contributed by atoms with van der Waals surface area (Å²) in [7, 11) is 0. The molecule has 4 rings (SSSR count). The summed E-state index contributed by atoms with van der Waals surface area (Å²) in [5.41, 5.74) is -0.144. The predicted octanol–water partition coefficient (Wildman–Crippen LogP) is 0.608. The Morgan fingerprint density at radius 2 is 1.81 bits per heavy atom. The van der Waals surface area contributed by atoms with Crippen LogP contribution >= 0.6 is 0 Å². The number of halogens is 1. The summed E-state index contributed by atoms with van der Waals surface area (Å²) >= 11 is 0. The van der Waals surface area contributed by atoms with Gasteiger partial charge in [0.15, 0.2) is 0 Å². The van der Waals surface area contributed by atoms with Crippen LogP contribution in [0, 0.1) is 5.82 Å². The summed E-state index contributed by atoms with van der Waals surface area (Å²) in [6.07, 6.45) is 2.21. The molecule has 3 N–H and O–H groups in total. The molecule has 9 nitrogen and oxygen atoms in total. The van der Waals surface area contributed by atoms with E-state index in [2.05, 4.69) is 15.4 Å². The number of amides is 3. The van der Waals surface area contributed by atoms with Crippen molar-refractivity contribution in [3.63, 3.8) is 0 Å². The lowest BCUT2D eigenvalue weighted by atomic mass is 9.98. The molecule has 3 amide bonds. The Morgan fingerprint density at radius 3 is 2.53 bits per heavy atom. The van der Waals surface area contributed by atoms with Crippen molar-refractivity contribution in [1.29, 1.82) is 0 Å². The third-order valence-corrected chi connectivity index (χ3v) is 6.37. The molecule has 3 saturated heterocycles. The van der Waals surface area contributed by atoms with Crippen LogP contribution in [0.2, 0.25) is 0 Å². The Morgan fingerprint density at radius 1 is 1.06 bits per heavy atom. The summed E-state index contributed by atoms with van der Waals surface area (Å²) in [4.78, 5) is 51.8. The van der Waals surface area contributed by atoms with Crippen LogP contribution in [0.25, 0.3) is 0 Å². The molecule has 0 bridgehead atoms. The number of hydrogen-bond acceptors (Lipinski definition) is 6. The van der Waals surface area contributed by atoms with E-state index in [0.717, 1.165) is 19.3 Å². The Labute approximate surface area is 184 Å². The maximum absolute atomic E-state index is 14.0. The third-order valence-electron chi connectivity index (χ3n) is 6.37. The van der Waals surface area contributed by atoms with Gasteiger partial charge in [-0.15, -0.1) is 0 Å². The largest absolute Gasteiger partial charge is 0.434 e. The van der Waals surface area contributed by atoms with Crippen molar-refractivity contribution < 1.29 is 33.4 Å². The summed E-state index contributed by atoms with van der Waals surface area (Å²) in [6, 6.07) is 2.89. The fourth-order valence-corrected chi connectivity index (χ4v) is 4.75. The average Bonchev–Trinajstić information content (AvgIpc) is 3.31. The molecule has 2 unspecified atom stereocenters. The molecule has 0 spiro atoms. The van der Waals surface area contributed by atoms with Gasteiger partial charge in [0, 0.05) is 6.04 Å². The molecule has 10 heteroatoms. The SMILES string of the molecule is O=C1CC(NC(=O)[C@@H]2CC[C@@H]3CCCC[C@H](NC(=O)c4ccccc4F)C(=O)N32)C(O)O1. The Balaban J connectivity index is 1.49. The van der Waals surface area contributed by atoms with Crippen molar-refractivity contribution in [3.05, 3.63) is 35.6 Å². The standard InChI is InChI=1S/C22H26FN3O6/c23-14-7-3-2-6-13(14)19(28)24-15-8-4-1-5-12-9-10-17(26(12)21(15)30)20(29)25-16-11-18(27)32-22(16)31/h2-3,6-7,12,15-17,22,31H,1,4-5,8-11H2,(H,24,28)(H,25,29)/t12-,15-,16?,17-,22?/m0/s1. The molecular weight excluding hydrogens is 421 g/mol. The van der Waals surface area contributed by atoms with E-state index in [1.807, 2.05) is 0 Å². The molecule has 3 aliphatic heterocycles. The number of aliphatic hydroxyl groups excluding tert-OH is 1. The van der Waals surface area contributed by atoms with Gasteiger partial charge < -0.3 is 25.4 Å². The molecule has 3 heterocycles. The topological polar surface area (TPSA) is 125 Å². The summed E-state index contributed by atoms with van der Waals surface area (Å²) < 4.78 is 18.7. The van der Waals surface area contributed by atoms with Crippen LogP contribution in [-0.4, -0.2) is 64.2 Å². The number of cyclic esters (lactones) is 1. The lowest BCUT2D eigenvalue weighted by Crippen LogP contribution is -2.57. The number of hydrogen-bond donors (Lipinski definition) is 3. The highest BCUT2D eigenvalue weighted by molar-refractivity contribution is 5.99. The Bertz CT molecular complexity index is 925. The van der Waals surface area contributed by atoms with Gasteiger partial charge in [0.25, 0.3) is 5.91 Å². The summed E-state index contributed by atoms with van der Waals surface area (Å²) in [6.45, 7) is 0. The molecule has 3 fully saturated rings. The Kier molecular flexibility index (Phi) is 6.40. The van der Waals surface area contributed by atoms with Crippen LogP contribution in [0.3, 0.4) is 0 Å². The number of esters is 1. The second-order valence-electron chi connectivity index (χ2n) is 8.48. The molecule has 0 aromatic heterocycles. The van der Waals surface area contributed by atoms with Gasteiger partial charge in [-0.2, -0.15) is 0 Å². The molecule has 0 aliphatic carbocycles. The third kappa shape index (κ3) is 4.45. The second-order valence-corrected chi connectivity index (χ2v) is 8.48. The van der Waals surface area contributed by atoms with Crippen LogP contribution in [0.15, 0.2) is 24.3 Å². The van der Waals surface area contributed by atoms with E-state index in [0.29, 0.717) is 19.3 Å². The number of rotatable bonds is 4.